The van der Waals surface area contributed by atoms with E-state index >= 15 is 0 Å². The first kappa shape index (κ1) is 19.8. The van der Waals surface area contributed by atoms with E-state index in [2.05, 4.69) is 4.74 Å². The molecule has 0 bridgehead atoms. The monoisotopic (exact) mass is 359 g/mol. The van der Waals surface area contributed by atoms with Gasteiger partial charge in [-0.15, -0.1) is 0 Å². The number of carbonyl (C=O) groups excluding carboxylic acids is 1. The molecule has 0 unspecified atom stereocenters. The van der Waals surface area contributed by atoms with Crippen molar-refractivity contribution in [1.82, 2.24) is 4.90 Å². The van der Waals surface area contributed by atoms with Crippen LogP contribution in [-0.2, 0) is 22.6 Å². The molecule has 0 aliphatic rings. The van der Waals surface area contributed by atoms with Gasteiger partial charge in [0.05, 0.1) is 21.3 Å². The van der Waals surface area contributed by atoms with E-state index in [4.69, 9.17) is 9.47 Å². The Labute approximate surface area is 153 Å². The molecule has 6 nitrogen and oxygen atoms in total. The lowest BCUT2D eigenvalue weighted by Crippen LogP contribution is -2.37. The first-order valence-electron chi connectivity index (χ1n) is 8.29. The van der Waals surface area contributed by atoms with Crippen LogP contribution in [0.3, 0.4) is 0 Å². The molecule has 2 rings (SSSR count). The minimum atomic E-state index is -1.20. The Kier molecular flexibility index (Phi) is 7.44. The van der Waals surface area contributed by atoms with E-state index < -0.39 is 12.1 Å². The first-order chi connectivity index (χ1) is 12.5. The molecule has 0 aromatic heterocycles. The number of benzene rings is 2. The molecular weight excluding hydrogens is 334 g/mol. The SMILES string of the molecule is COC(=O)[C@@H](O)CN(Cc1ccc(OC)cc1)Cc1ccc(OC)cc1. The summed E-state index contributed by atoms with van der Waals surface area (Å²) < 4.78 is 15.0. The Hall–Kier alpha value is -2.57. The van der Waals surface area contributed by atoms with Crippen LogP contribution in [0.1, 0.15) is 11.1 Å². The zero-order chi connectivity index (χ0) is 18.9. The van der Waals surface area contributed by atoms with Gasteiger partial charge in [0.25, 0.3) is 0 Å². The molecule has 0 saturated carbocycles. The summed E-state index contributed by atoms with van der Waals surface area (Å²) in [6.07, 6.45) is -1.20. The van der Waals surface area contributed by atoms with E-state index in [-0.39, 0.29) is 6.54 Å². The van der Waals surface area contributed by atoms with E-state index in [9.17, 15) is 9.90 Å². The number of aliphatic hydroxyl groups excluding tert-OH is 1. The molecule has 0 aliphatic heterocycles. The highest BCUT2D eigenvalue weighted by molar-refractivity contribution is 5.74. The molecule has 0 fully saturated rings. The topological polar surface area (TPSA) is 68.2 Å². The average Bonchev–Trinajstić information content (AvgIpc) is 2.68. The second-order valence-electron chi connectivity index (χ2n) is 5.90. The molecule has 0 amide bonds. The van der Waals surface area contributed by atoms with Crippen molar-refractivity contribution in [1.29, 1.82) is 0 Å². The van der Waals surface area contributed by atoms with Crippen LogP contribution in [0.2, 0.25) is 0 Å². The van der Waals surface area contributed by atoms with Crippen molar-refractivity contribution in [3.63, 3.8) is 0 Å². The zero-order valence-corrected chi connectivity index (χ0v) is 15.3. The molecule has 6 heteroatoms. The number of hydrogen-bond acceptors (Lipinski definition) is 6. The highest BCUT2D eigenvalue weighted by Gasteiger charge is 2.20. The van der Waals surface area contributed by atoms with Gasteiger partial charge in [0.1, 0.15) is 11.5 Å². The average molecular weight is 359 g/mol. The molecule has 2 aromatic carbocycles. The molecular formula is C20H25NO5. The van der Waals surface area contributed by atoms with Gasteiger partial charge in [0.2, 0.25) is 0 Å². The smallest absolute Gasteiger partial charge is 0.336 e. The first-order valence-corrected chi connectivity index (χ1v) is 8.29. The third-order valence-corrected chi connectivity index (χ3v) is 4.03. The lowest BCUT2D eigenvalue weighted by molar-refractivity contribution is -0.151. The molecule has 2 aromatic rings. The van der Waals surface area contributed by atoms with Crippen molar-refractivity contribution >= 4 is 5.97 Å². The Balaban J connectivity index is 2.12. The number of methoxy groups -OCH3 is 3. The van der Waals surface area contributed by atoms with Gasteiger partial charge in [0, 0.05) is 19.6 Å². The summed E-state index contributed by atoms with van der Waals surface area (Å²) in [6.45, 7) is 1.32. The number of rotatable bonds is 9. The summed E-state index contributed by atoms with van der Waals surface area (Å²) >= 11 is 0. The quantitative estimate of drug-likeness (QED) is 0.693. The van der Waals surface area contributed by atoms with Gasteiger partial charge in [-0.3, -0.25) is 4.90 Å². The van der Waals surface area contributed by atoms with Crippen LogP contribution in [0.4, 0.5) is 0 Å². The van der Waals surface area contributed by atoms with Gasteiger partial charge in [-0.25, -0.2) is 4.79 Å². The van der Waals surface area contributed by atoms with E-state index in [1.54, 1.807) is 14.2 Å². The second kappa shape index (κ2) is 9.79. The molecule has 0 heterocycles. The lowest BCUT2D eigenvalue weighted by Gasteiger charge is -2.24. The number of esters is 1. The van der Waals surface area contributed by atoms with Gasteiger partial charge in [-0.2, -0.15) is 0 Å². The molecule has 1 atom stereocenters. The van der Waals surface area contributed by atoms with E-state index in [1.165, 1.54) is 7.11 Å². The fourth-order valence-electron chi connectivity index (χ4n) is 2.62. The van der Waals surface area contributed by atoms with Crippen LogP contribution in [-0.4, -0.2) is 50.0 Å². The molecule has 0 radical (unpaired) electrons. The van der Waals surface area contributed by atoms with Crippen molar-refractivity contribution < 1.29 is 24.1 Å². The van der Waals surface area contributed by atoms with Crippen LogP contribution in [0, 0.1) is 0 Å². The van der Waals surface area contributed by atoms with E-state index in [0.717, 1.165) is 22.6 Å². The largest absolute Gasteiger partial charge is 0.497 e. The molecule has 0 spiro atoms. The maximum atomic E-state index is 11.6. The number of hydrogen-bond donors (Lipinski definition) is 1. The molecule has 1 N–H and O–H groups in total. The highest BCUT2D eigenvalue weighted by atomic mass is 16.5. The number of carbonyl (C=O) groups is 1. The Bertz CT molecular complexity index is 635. The molecule has 0 aliphatic carbocycles. The fraction of sp³-hybridized carbons (Fsp3) is 0.350. The van der Waals surface area contributed by atoms with Crippen LogP contribution in [0.5, 0.6) is 11.5 Å². The maximum Gasteiger partial charge on any atom is 0.336 e. The molecule has 140 valence electrons. The number of aliphatic hydroxyl groups is 1. The Morgan fingerprint density at radius 3 is 1.65 bits per heavy atom. The molecule has 26 heavy (non-hydrogen) atoms. The van der Waals surface area contributed by atoms with E-state index in [0.29, 0.717) is 13.1 Å². The predicted molar refractivity (Wildman–Crippen MR) is 98.1 cm³/mol. The Morgan fingerprint density at radius 1 is 0.885 bits per heavy atom. The second-order valence-corrected chi connectivity index (χ2v) is 5.90. The normalized spacial score (nSPS) is 11.9. The predicted octanol–water partition coefficient (Wildman–Crippen LogP) is 2.24. The van der Waals surface area contributed by atoms with Crippen LogP contribution in [0.15, 0.2) is 48.5 Å². The Morgan fingerprint density at radius 2 is 1.31 bits per heavy atom. The fourth-order valence-corrected chi connectivity index (χ4v) is 2.62. The summed E-state index contributed by atoms with van der Waals surface area (Å²) in [4.78, 5) is 13.6. The third-order valence-electron chi connectivity index (χ3n) is 4.03. The van der Waals surface area contributed by atoms with Crippen molar-refractivity contribution in [2.75, 3.05) is 27.9 Å². The van der Waals surface area contributed by atoms with Crippen LogP contribution >= 0.6 is 0 Å². The lowest BCUT2D eigenvalue weighted by atomic mass is 10.1. The standard InChI is InChI=1S/C20H25NO5/c1-24-17-8-4-15(5-9-17)12-21(14-19(22)20(23)26-3)13-16-6-10-18(25-2)11-7-16/h4-11,19,22H,12-14H2,1-3H3/t19-/m0/s1. The van der Waals surface area contributed by atoms with Crippen LogP contribution < -0.4 is 9.47 Å². The number of ether oxygens (including phenoxy) is 3. The van der Waals surface area contributed by atoms with Gasteiger partial charge >= 0.3 is 5.97 Å². The van der Waals surface area contributed by atoms with Crippen LogP contribution in [0.25, 0.3) is 0 Å². The summed E-state index contributed by atoms with van der Waals surface area (Å²) in [5.41, 5.74) is 2.10. The van der Waals surface area contributed by atoms with Crippen molar-refractivity contribution in [3.05, 3.63) is 59.7 Å². The zero-order valence-electron chi connectivity index (χ0n) is 15.3. The van der Waals surface area contributed by atoms with Gasteiger partial charge in [0.15, 0.2) is 6.10 Å². The third kappa shape index (κ3) is 5.75. The summed E-state index contributed by atoms with van der Waals surface area (Å²) in [5.74, 6) is 0.926. The summed E-state index contributed by atoms with van der Waals surface area (Å²) in [7, 11) is 4.51. The number of nitrogens with zero attached hydrogens (tertiary/aromatic N) is 1. The summed E-state index contributed by atoms with van der Waals surface area (Å²) in [5, 5.41) is 10.1. The maximum absolute atomic E-state index is 11.6. The minimum absolute atomic E-state index is 0.171. The van der Waals surface area contributed by atoms with Crippen molar-refractivity contribution in [2.24, 2.45) is 0 Å². The van der Waals surface area contributed by atoms with Gasteiger partial charge in [-0.05, 0) is 35.4 Å². The van der Waals surface area contributed by atoms with Crippen molar-refractivity contribution in [2.45, 2.75) is 19.2 Å². The molecule has 0 saturated heterocycles. The van der Waals surface area contributed by atoms with Crippen molar-refractivity contribution in [3.8, 4) is 11.5 Å². The highest BCUT2D eigenvalue weighted by Crippen LogP contribution is 2.17. The van der Waals surface area contributed by atoms with Gasteiger partial charge < -0.3 is 19.3 Å². The minimum Gasteiger partial charge on any atom is -0.497 e. The van der Waals surface area contributed by atoms with E-state index in [1.807, 2.05) is 53.4 Å². The summed E-state index contributed by atoms with van der Waals surface area (Å²) in [6, 6.07) is 15.4. The van der Waals surface area contributed by atoms with Gasteiger partial charge in [-0.1, -0.05) is 24.3 Å².